The highest BCUT2D eigenvalue weighted by atomic mass is 16.2. The van der Waals surface area contributed by atoms with Gasteiger partial charge >= 0.3 is 6.03 Å². The largest absolute Gasteiger partial charge is 0.325 e. The molecule has 7 nitrogen and oxygen atoms in total. The van der Waals surface area contributed by atoms with Crippen molar-refractivity contribution in [2.45, 2.75) is 46.1 Å². The van der Waals surface area contributed by atoms with E-state index in [1.54, 1.807) is 31.2 Å². The Morgan fingerprint density at radius 2 is 1.81 bits per heavy atom. The van der Waals surface area contributed by atoms with Crippen LogP contribution < -0.4 is 10.6 Å². The molecule has 7 heteroatoms. The van der Waals surface area contributed by atoms with Crippen LogP contribution in [0, 0.1) is 5.92 Å². The van der Waals surface area contributed by atoms with Crippen LogP contribution in [0.15, 0.2) is 24.3 Å². The van der Waals surface area contributed by atoms with Crippen LogP contribution >= 0.6 is 0 Å². The molecule has 0 spiro atoms. The minimum atomic E-state index is -0.967. The second-order valence-electron chi connectivity index (χ2n) is 7.27. The van der Waals surface area contributed by atoms with Gasteiger partial charge in [0.1, 0.15) is 12.1 Å². The molecule has 26 heavy (non-hydrogen) atoms. The summed E-state index contributed by atoms with van der Waals surface area (Å²) in [6, 6.07) is 5.87. The van der Waals surface area contributed by atoms with Gasteiger partial charge in [-0.15, -0.1) is 0 Å². The Bertz CT molecular complexity index is 727. The van der Waals surface area contributed by atoms with Crippen molar-refractivity contribution in [2.24, 2.45) is 5.92 Å². The van der Waals surface area contributed by atoms with Crippen molar-refractivity contribution in [2.75, 3.05) is 11.9 Å². The number of hydrogen-bond donors (Lipinski definition) is 2. The van der Waals surface area contributed by atoms with Crippen LogP contribution in [0.3, 0.4) is 0 Å². The number of hydrogen-bond acceptors (Lipinski definition) is 4. The summed E-state index contributed by atoms with van der Waals surface area (Å²) >= 11 is 0. The van der Waals surface area contributed by atoms with Crippen LogP contribution in [-0.4, -0.2) is 40.6 Å². The van der Waals surface area contributed by atoms with Crippen LogP contribution in [0.2, 0.25) is 0 Å². The van der Waals surface area contributed by atoms with Gasteiger partial charge in [-0.3, -0.25) is 19.3 Å². The molecule has 1 saturated heterocycles. The summed E-state index contributed by atoms with van der Waals surface area (Å²) in [5.41, 5.74) is 0.0674. The predicted octanol–water partition coefficient (Wildman–Crippen LogP) is 2.57. The van der Waals surface area contributed by atoms with Crippen LogP contribution in [0.1, 0.15) is 50.9 Å². The van der Waals surface area contributed by atoms with E-state index in [2.05, 4.69) is 10.6 Å². The van der Waals surface area contributed by atoms with Gasteiger partial charge in [-0.1, -0.05) is 13.8 Å². The fourth-order valence-electron chi connectivity index (χ4n) is 2.77. The first-order chi connectivity index (χ1) is 12.1. The molecule has 2 rings (SSSR count). The van der Waals surface area contributed by atoms with Crippen LogP contribution in [-0.2, 0) is 9.59 Å². The highest BCUT2D eigenvalue weighted by Gasteiger charge is 2.47. The molecule has 2 N–H and O–H groups in total. The highest BCUT2D eigenvalue weighted by molar-refractivity contribution is 6.10. The molecule has 1 atom stereocenters. The van der Waals surface area contributed by atoms with E-state index in [9.17, 15) is 19.2 Å². The summed E-state index contributed by atoms with van der Waals surface area (Å²) in [6.07, 6.45) is 1.32. The maximum Gasteiger partial charge on any atom is 0.325 e. The standard InChI is InChI=1S/C19H25N3O4/c1-12(2)9-10-19(4)17(25)22(18(26)21-19)11-16(24)20-15-7-5-14(6-8-15)13(3)23/h5-8,12H,9-11H2,1-4H3,(H,20,24)(H,21,26)/t19-/m1/s1. The van der Waals surface area contributed by atoms with Crippen molar-refractivity contribution in [3.8, 4) is 0 Å². The number of rotatable bonds is 7. The number of urea groups is 1. The molecule has 1 aliphatic heterocycles. The van der Waals surface area contributed by atoms with E-state index in [1.165, 1.54) is 6.92 Å². The van der Waals surface area contributed by atoms with Crippen LogP contribution in [0.25, 0.3) is 0 Å². The number of carbonyl (C=O) groups excluding carboxylic acids is 4. The summed E-state index contributed by atoms with van der Waals surface area (Å²) in [4.78, 5) is 49.1. The summed E-state index contributed by atoms with van der Waals surface area (Å²) < 4.78 is 0. The molecule has 0 aromatic heterocycles. The third-order valence-corrected chi connectivity index (χ3v) is 4.44. The zero-order valence-corrected chi connectivity index (χ0v) is 15.6. The SMILES string of the molecule is CC(=O)c1ccc(NC(=O)CN2C(=O)N[C@](C)(CCC(C)C)C2=O)cc1. The molecule has 0 saturated carbocycles. The Hall–Kier alpha value is -2.70. The average molecular weight is 359 g/mol. The van der Waals surface area contributed by atoms with Crippen molar-refractivity contribution >= 4 is 29.3 Å². The number of benzene rings is 1. The molecule has 1 aromatic rings. The maximum atomic E-state index is 12.6. The lowest BCUT2D eigenvalue weighted by molar-refractivity contribution is -0.133. The first-order valence-electron chi connectivity index (χ1n) is 8.67. The van der Waals surface area contributed by atoms with E-state index < -0.39 is 17.5 Å². The number of Topliss-reactive ketones (excluding diaryl/α,β-unsaturated/α-hetero) is 1. The lowest BCUT2D eigenvalue weighted by Gasteiger charge is -2.22. The lowest BCUT2D eigenvalue weighted by Crippen LogP contribution is -2.44. The molecule has 4 amide bonds. The zero-order chi connectivity index (χ0) is 19.5. The molecule has 0 aliphatic carbocycles. The lowest BCUT2D eigenvalue weighted by atomic mass is 9.92. The van der Waals surface area contributed by atoms with E-state index in [0.29, 0.717) is 23.6 Å². The van der Waals surface area contributed by atoms with Gasteiger partial charge in [-0.2, -0.15) is 0 Å². The van der Waals surface area contributed by atoms with Gasteiger partial charge in [0.05, 0.1) is 0 Å². The first-order valence-corrected chi connectivity index (χ1v) is 8.67. The van der Waals surface area contributed by atoms with Crippen molar-refractivity contribution in [1.82, 2.24) is 10.2 Å². The number of carbonyl (C=O) groups is 4. The molecule has 1 aliphatic rings. The molecule has 0 unspecified atom stereocenters. The van der Waals surface area contributed by atoms with Crippen molar-refractivity contribution in [3.63, 3.8) is 0 Å². The quantitative estimate of drug-likeness (QED) is 0.578. The molecular weight excluding hydrogens is 334 g/mol. The van der Waals surface area contributed by atoms with Gasteiger partial charge < -0.3 is 10.6 Å². The van der Waals surface area contributed by atoms with Gasteiger partial charge in [-0.25, -0.2) is 4.79 Å². The van der Waals surface area contributed by atoms with Crippen molar-refractivity contribution in [3.05, 3.63) is 29.8 Å². The summed E-state index contributed by atoms with van der Waals surface area (Å²) in [7, 11) is 0. The van der Waals surface area contributed by atoms with E-state index in [4.69, 9.17) is 0 Å². The van der Waals surface area contributed by atoms with Gasteiger partial charge in [0.25, 0.3) is 5.91 Å². The molecule has 0 bridgehead atoms. The average Bonchev–Trinajstić information content (AvgIpc) is 2.77. The fourth-order valence-corrected chi connectivity index (χ4v) is 2.77. The Morgan fingerprint density at radius 3 is 2.35 bits per heavy atom. The Kier molecular flexibility index (Phi) is 5.79. The van der Waals surface area contributed by atoms with Gasteiger partial charge in [-0.05, 0) is 56.9 Å². The molecule has 1 aromatic carbocycles. The minimum Gasteiger partial charge on any atom is -0.325 e. The second-order valence-corrected chi connectivity index (χ2v) is 7.27. The first kappa shape index (κ1) is 19.6. The normalized spacial score (nSPS) is 19.7. The molecular formula is C19H25N3O4. The highest BCUT2D eigenvalue weighted by Crippen LogP contribution is 2.24. The zero-order valence-electron chi connectivity index (χ0n) is 15.6. The monoisotopic (exact) mass is 359 g/mol. The minimum absolute atomic E-state index is 0.0668. The van der Waals surface area contributed by atoms with E-state index >= 15 is 0 Å². The number of anilines is 1. The Balaban J connectivity index is 1.98. The Labute approximate surface area is 153 Å². The number of nitrogens with one attached hydrogen (secondary N) is 2. The number of imide groups is 1. The molecule has 140 valence electrons. The second kappa shape index (κ2) is 7.68. The van der Waals surface area contributed by atoms with Gasteiger partial charge in [0, 0.05) is 11.3 Å². The molecule has 1 heterocycles. The summed E-state index contributed by atoms with van der Waals surface area (Å²) in [5.74, 6) is -0.517. The predicted molar refractivity (Wildman–Crippen MR) is 97.8 cm³/mol. The number of ketones is 1. The third-order valence-electron chi connectivity index (χ3n) is 4.44. The smallest absolute Gasteiger partial charge is 0.325 e. The topological polar surface area (TPSA) is 95.6 Å². The van der Waals surface area contributed by atoms with E-state index in [-0.39, 0.29) is 18.2 Å². The van der Waals surface area contributed by atoms with Crippen LogP contribution in [0.5, 0.6) is 0 Å². The van der Waals surface area contributed by atoms with Crippen molar-refractivity contribution < 1.29 is 19.2 Å². The Morgan fingerprint density at radius 1 is 1.19 bits per heavy atom. The molecule has 0 radical (unpaired) electrons. The number of nitrogens with zero attached hydrogens (tertiary/aromatic N) is 1. The van der Waals surface area contributed by atoms with Crippen LogP contribution in [0.4, 0.5) is 10.5 Å². The van der Waals surface area contributed by atoms with E-state index in [1.807, 2.05) is 13.8 Å². The number of amides is 4. The maximum absolute atomic E-state index is 12.6. The fraction of sp³-hybridized carbons (Fsp3) is 0.474. The third kappa shape index (κ3) is 4.47. The van der Waals surface area contributed by atoms with Gasteiger partial charge in [0.15, 0.2) is 5.78 Å². The molecule has 1 fully saturated rings. The van der Waals surface area contributed by atoms with Gasteiger partial charge in [0.2, 0.25) is 5.91 Å². The summed E-state index contributed by atoms with van der Waals surface area (Å²) in [5, 5.41) is 5.32. The van der Waals surface area contributed by atoms with E-state index in [0.717, 1.165) is 11.3 Å². The van der Waals surface area contributed by atoms with Crippen molar-refractivity contribution in [1.29, 1.82) is 0 Å². The summed E-state index contributed by atoms with van der Waals surface area (Å²) in [6.45, 7) is 6.90.